The molecule has 43 heavy (non-hydrogen) atoms. The van der Waals surface area contributed by atoms with E-state index in [1.54, 1.807) is 0 Å². The van der Waals surface area contributed by atoms with Crippen LogP contribution >= 0.6 is 0 Å². The van der Waals surface area contributed by atoms with Crippen molar-refractivity contribution >= 4 is 5.97 Å². The Bertz CT molecular complexity index is 864. The van der Waals surface area contributed by atoms with Crippen molar-refractivity contribution in [3.63, 3.8) is 0 Å². The second-order valence-electron chi connectivity index (χ2n) is 13.6. The molecule has 244 valence electrons. The Labute approximate surface area is 261 Å². The van der Waals surface area contributed by atoms with Crippen molar-refractivity contribution in [3.8, 4) is 5.75 Å². The molecule has 3 fully saturated rings. The summed E-state index contributed by atoms with van der Waals surface area (Å²) in [5.41, 5.74) is 1.27. The van der Waals surface area contributed by atoms with Gasteiger partial charge in [-0.25, -0.2) is 9.78 Å². The molecule has 0 unspecified atom stereocenters. The molecule has 0 spiro atoms. The van der Waals surface area contributed by atoms with Crippen molar-refractivity contribution in [2.45, 2.75) is 142 Å². The first-order valence-electron chi connectivity index (χ1n) is 17.9. The zero-order valence-electron chi connectivity index (χ0n) is 27.3. The molecule has 0 amide bonds. The third-order valence-corrected chi connectivity index (χ3v) is 10.2. The second kappa shape index (κ2) is 19.7. The van der Waals surface area contributed by atoms with Gasteiger partial charge in [-0.05, 0) is 140 Å². The van der Waals surface area contributed by atoms with E-state index >= 15 is 0 Å². The molecule has 0 heterocycles. The van der Waals surface area contributed by atoms with Crippen molar-refractivity contribution in [1.82, 2.24) is 0 Å². The summed E-state index contributed by atoms with van der Waals surface area (Å²) >= 11 is 0. The van der Waals surface area contributed by atoms with Gasteiger partial charge in [0.25, 0.3) is 0 Å². The number of unbranched alkanes of at least 4 members (excludes halogenated alkanes) is 4. The van der Waals surface area contributed by atoms with Crippen molar-refractivity contribution in [2.75, 3.05) is 26.4 Å². The molecule has 3 aliphatic rings. The van der Waals surface area contributed by atoms with E-state index in [1.807, 2.05) is 0 Å². The minimum Gasteiger partial charge on any atom is -0.494 e. The molecule has 6 nitrogen and oxygen atoms in total. The smallest absolute Gasteiger partial charge is 0.309 e. The highest BCUT2D eigenvalue weighted by atomic mass is 17.2. The van der Waals surface area contributed by atoms with Crippen LogP contribution in [0.4, 0.5) is 0 Å². The molecule has 1 aromatic rings. The summed E-state index contributed by atoms with van der Waals surface area (Å²) in [6.07, 6.45) is 20.8. The first-order chi connectivity index (χ1) is 21.1. The number of ether oxygens (including phenoxy) is 3. The molecule has 0 saturated heterocycles. The Balaban J connectivity index is 0.974. The number of carbonyl (C=O) groups excluding carboxylic acids is 1. The lowest BCUT2D eigenvalue weighted by atomic mass is 9.72. The van der Waals surface area contributed by atoms with Gasteiger partial charge in [0.05, 0.1) is 31.8 Å². The van der Waals surface area contributed by atoms with Gasteiger partial charge in [0.2, 0.25) is 0 Å². The summed E-state index contributed by atoms with van der Waals surface area (Å²) in [5.74, 6) is 3.22. The number of hydrogen-bond acceptors (Lipinski definition) is 6. The van der Waals surface area contributed by atoms with Crippen LogP contribution in [-0.4, -0.2) is 44.6 Å². The van der Waals surface area contributed by atoms with E-state index in [2.05, 4.69) is 38.1 Å². The van der Waals surface area contributed by atoms with Gasteiger partial charge in [-0.1, -0.05) is 37.5 Å². The SMILES string of the molecule is CCCCOOCC1CCC(C(=O)OC2CCC(C3CCC(OCCCCCCOc4ccc(C)cc4)CC3)CC2)CC1. The van der Waals surface area contributed by atoms with Crippen LogP contribution in [0, 0.1) is 30.6 Å². The molecule has 0 aromatic heterocycles. The second-order valence-corrected chi connectivity index (χ2v) is 13.6. The molecule has 0 radical (unpaired) electrons. The average Bonchev–Trinajstić information content (AvgIpc) is 3.04. The number of rotatable bonds is 18. The monoisotopic (exact) mass is 600 g/mol. The van der Waals surface area contributed by atoms with Crippen LogP contribution in [0.15, 0.2) is 24.3 Å². The average molecular weight is 601 g/mol. The van der Waals surface area contributed by atoms with E-state index in [0.29, 0.717) is 25.2 Å². The van der Waals surface area contributed by atoms with Crippen molar-refractivity contribution in [3.05, 3.63) is 29.8 Å². The number of esters is 1. The van der Waals surface area contributed by atoms with E-state index in [4.69, 9.17) is 24.0 Å². The predicted octanol–water partition coefficient (Wildman–Crippen LogP) is 9.17. The normalized spacial score (nSPS) is 28.0. The molecule has 0 bridgehead atoms. The molecule has 3 aliphatic carbocycles. The van der Waals surface area contributed by atoms with E-state index in [-0.39, 0.29) is 18.0 Å². The van der Waals surface area contributed by atoms with E-state index in [0.717, 1.165) is 95.0 Å². The van der Waals surface area contributed by atoms with E-state index in [9.17, 15) is 4.79 Å². The fourth-order valence-corrected chi connectivity index (χ4v) is 7.27. The number of aryl methyl sites for hydroxylation is 1. The van der Waals surface area contributed by atoms with Gasteiger partial charge in [0.1, 0.15) is 11.9 Å². The van der Waals surface area contributed by atoms with Crippen LogP contribution in [0.3, 0.4) is 0 Å². The molecule has 3 saturated carbocycles. The minimum atomic E-state index is 0.0512. The predicted molar refractivity (Wildman–Crippen MR) is 171 cm³/mol. The summed E-state index contributed by atoms with van der Waals surface area (Å²) in [4.78, 5) is 23.5. The van der Waals surface area contributed by atoms with Crippen LogP contribution in [0.1, 0.15) is 128 Å². The largest absolute Gasteiger partial charge is 0.494 e. The lowest BCUT2D eigenvalue weighted by molar-refractivity contribution is -0.302. The van der Waals surface area contributed by atoms with E-state index < -0.39 is 0 Å². The van der Waals surface area contributed by atoms with Crippen LogP contribution in [0.2, 0.25) is 0 Å². The maximum absolute atomic E-state index is 12.9. The van der Waals surface area contributed by atoms with Gasteiger partial charge in [0, 0.05) is 6.61 Å². The molecule has 0 N–H and O–H groups in total. The minimum absolute atomic E-state index is 0.0512. The fourth-order valence-electron chi connectivity index (χ4n) is 7.27. The molecular weight excluding hydrogens is 540 g/mol. The summed E-state index contributed by atoms with van der Waals surface area (Å²) in [6.45, 7) is 7.26. The van der Waals surface area contributed by atoms with Crippen LogP contribution < -0.4 is 4.74 Å². The third-order valence-electron chi connectivity index (χ3n) is 10.2. The number of benzene rings is 1. The van der Waals surface area contributed by atoms with Gasteiger partial charge in [-0.3, -0.25) is 4.79 Å². The highest BCUT2D eigenvalue weighted by Crippen LogP contribution is 2.40. The van der Waals surface area contributed by atoms with Crippen LogP contribution in [0.25, 0.3) is 0 Å². The zero-order valence-corrected chi connectivity index (χ0v) is 27.3. The van der Waals surface area contributed by atoms with E-state index in [1.165, 1.54) is 56.9 Å². The fraction of sp³-hybridized carbons (Fsp3) is 0.811. The zero-order chi connectivity index (χ0) is 30.1. The van der Waals surface area contributed by atoms with Gasteiger partial charge in [-0.2, -0.15) is 0 Å². The molecule has 0 atom stereocenters. The molecule has 4 rings (SSSR count). The maximum atomic E-state index is 12.9. The third kappa shape index (κ3) is 12.7. The van der Waals surface area contributed by atoms with Gasteiger partial charge < -0.3 is 14.2 Å². The van der Waals surface area contributed by atoms with Crippen LogP contribution in [0.5, 0.6) is 5.75 Å². The molecule has 0 aliphatic heterocycles. The Morgan fingerprint density at radius 1 is 0.674 bits per heavy atom. The Morgan fingerprint density at radius 2 is 1.30 bits per heavy atom. The van der Waals surface area contributed by atoms with Crippen molar-refractivity contribution < 1.29 is 28.8 Å². The highest BCUT2D eigenvalue weighted by Gasteiger charge is 2.34. The quantitative estimate of drug-likeness (QED) is 0.0725. The maximum Gasteiger partial charge on any atom is 0.309 e. The lowest BCUT2D eigenvalue weighted by Gasteiger charge is -2.38. The molecule has 1 aromatic carbocycles. The topological polar surface area (TPSA) is 63.2 Å². The highest BCUT2D eigenvalue weighted by molar-refractivity contribution is 5.72. The van der Waals surface area contributed by atoms with Gasteiger partial charge in [0.15, 0.2) is 0 Å². The van der Waals surface area contributed by atoms with Gasteiger partial charge in [-0.15, -0.1) is 0 Å². The summed E-state index contributed by atoms with van der Waals surface area (Å²) in [5, 5.41) is 0. The summed E-state index contributed by atoms with van der Waals surface area (Å²) in [6, 6.07) is 8.30. The lowest BCUT2D eigenvalue weighted by Crippen LogP contribution is -2.33. The summed E-state index contributed by atoms with van der Waals surface area (Å²) < 4.78 is 18.1. The number of hydrogen-bond donors (Lipinski definition) is 0. The van der Waals surface area contributed by atoms with Crippen molar-refractivity contribution in [1.29, 1.82) is 0 Å². The van der Waals surface area contributed by atoms with Gasteiger partial charge >= 0.3 is 5.97 Å². The summed E-state index contributed by atoms with van der Waals surface area (Å²) in [7, 11) is 0. The Hall–Kier alpha value is -1.63. The molecular formula is C37H60O6. The standard InChI is InChI=1S/C37H60O6/c1-3-4-27-41-42-28-30-11-13-33(14-12-30)37(38)43-36-23-17-32(18-24-36)31-15-21-35(22-16-31)40-26-8-6-5-7-25-39-34-19-9-29(2)10-20-34/h9-10,19-20,30-33,35-36H,3-8,11-18,21-28H2,1-2H3. The van der Waals surface area contributed by atoms with Crippen LogP contribution in [-0.2, 0) is 24.0 Å². The van der Waals surface area contributed by atoms with Crippen molar-refractivity contribution in [2.24, 2.45) is 23.7 Å². The first-order valence-corrected chi connectivity index (χ1v) is 17.9. The first kappa shape index (κ1) is 34.2. The molecule has 6 heteroatoms. The Kier molecular flexibility index (Phi) is 15.7. The Morgan fingerprint density at radius 3 is 1.95 bits per heavy atom. The number of carbonyl (C=O) groups is 1.